The Morgan fingerprint density at radius 2 is 1.43 bits per heavy atom. The van der Waals surface area contributed by atoms with Gasteiger partial charge in [0.2, 0.25) is 29.5 Å². The number of carbonyl (C=O) groups is 6. The second-order valence-electron chi connectivity index (χ2n) is 9.20. The van der Waals surface area contributed by atoms with E-state index in [0.717, 1.165) is 0 Å². The van der Waals surface area contributed by atoms with Gasteiger partial charge in [0.05, 0.1) is 12.5 Å². The first kappa shape index (κ1) is 33.7. The Labute approximate surface area is 215 Å². The Morgan fingerprint density at radius 3 is 1.89 bits per heavy atom. The highest BCUT2D eigenvalue weighted by molar-refractivity contribution is 5.96. The molecule has 0 aliphatic carbocycles. The van der Waals surface area contributed by atoms with Crippen LogP contribution in [0.4, 0.5) is 0 Å². The van der Waals surface area contributed by atoms with Crippen LogP contribution in [0.3, 0.4) is 0 Å². The second kappa shape index (κ2) is 17.2. The standard InChI is InChI=1S/C22H40N6O9/c1-11(2)8-13(9-16(30)28-37)20(34)26-15(10-17(31)32)21(35)27-18(12(3)29)22(36)25-14(19(24)33)6-4-5-7-23/h11-15,18,29,37H,4-10,23H2,1-3H3,(H2,24,33)(H,25,36)(H,26,34)(H,27,35)(H,28,30)(H,31,32)/t12-,13-,14+,15+,18+/m1/s1. The van der Waals surface area contributed by atoms with Crippen LogP contribution in [0.2, 0.25) is 0 Å². The third-order valence-corrected chi connectivity index (χ3v) is 5.36. The molecule has 0 bridgehead atoms. The molecule has 11 N–H and O–H groups in total. The predicted molar refractivity (Wildman–Crippen MR) is 129 cm³/mol. The Hall–Kier alpha value is -3.30. The molecule has 0 rings (SSSR count). The zero-order valence-electron chi connectivity index (χ0n) is 21.4. The van der Waals surface area contributed by atoms with Crippen LogP contribution in [-0.2, 0) is 28.8 Å². The molecule has 37 heavy (non-hydrogen) atoms. The van der Waals surface area contributed by atoms with Gasteiger partial charge < -0.3 is 37.6 Å². The Balaban J connectivity index is 5.63. The van der Waals surface area contributed by atoms with Gasteiger partial charge in [0, 0.05) is 12.3 Å². The first-order valence-corrected chi connectivity index (χ1v) is 12.0. The number of rotatable bonds is 18. The summed E-state index contributed by atoms with van der Waals surface area (Å²) in [6, 6.07) is -4.37. The number of nitrogens with two attached hydrogens (primary N) is 2. The molecule has 0 saturated carbocycles. The average molecular weight is 533 g/mol. The van der Waals surface area contributed by atoms with E-state index in [1.807, 2.05) is 0 Å². The number of carbonyl (C=O) groups excluding carboxylic acids is 5. The molecular formula is C22H40N6O9. The van der Waals surface area contributed by atoms with Crippen LogP contribution in [0, 0.1) is 11.8 Å². The van der Waals surface area contributed by atoms with Gasteiger partial charge in [-0.1, -0.05) is 13.8 Å². The summed E-state index contributed by atoms with van der Waals surface area (Å²) in [6.07, 6.45) is -1.33. The number of hydroxylamine groups is 1. The van der Waals surface area contributed by atoms with Crippen molar-refractivity contribution in [3.63, 3.8) is 0 Å². The van der Waals surface area contributed by atoms with Gasteiger partial charge in [0.15, 0.2) is 0 Å². The van der Waals surface area contributed by atoms with E-state index in [-0.39, 0.29) is 18.8 Å². The average Bonchev–Trinajstić information content (AvgIpc) is 2.79. The molecule has 0 radical (unpaired) electrons. The number of carboxylic acids is 1. The molecule has 0 unspecified atom stereocenters. The fourth-order valence-corrected chi connectivity index (χ4v) is 3.49. The molecule has 0 spiro atoms. The summed E-state index contributed by atoms with van der Waals surface area (Å²) in [5.74, 6) is -7.02. The van der Waals surface area contributed by atoms with Crippen molar-refractivity contribution in [2.24, 2.45) is 23.3 Å². The summed E-state index contributed by atoms with van der Waals surface area (Å²) in [6.45, 7) is 5.11. The number of aliphatic hydroxyl groups excluding tert-OH is 1. The van der Waals surface area contributed by atoms with Crippen molar-refractivity contribution in [3.05, 3.63) is 0 Å². The number of aliphatic carboxylic acids is 1. The minimum absolute atomic E-state index is 0.0552. The summed E-state index contributed by atoms with van der Waals surface area (Å²) in [7, 11) is 0. The van der Waals surface area contributed by atoms with Crippen LogP contribution < -0.4 is 32.9 Å². The maximum absolute atomic E-state index is 12.9. The van der Waals surface area contributed by atoms with Crippen molar-refractivity contribution in [1.29, 1.82) is 0 Å². The highest BCUT2D eigenvalue weighted by atomic mass is 16.5. The quantitative estimate of drug-likeness (QED) is 0.0507. The van der Waals surface area contributed by atoms with Gasteiger partial charge in [-0.3, -0.25) is 34.0 Å². The van der Waals surface area contributed by atoms with Crippen LogP contribution >= 0.6 is 0 Å². The topological polar surface area (TPSA) is 263 Å². The molecule has 0 fully saturated rings. The highest BCUT2D eigenvalue weighted by Crippen LogP contribution is 2.16. The van der Waals surface area contributed by atoms with Gasteiger partial charge in [-0.25, -0.2) is 5.48 Å². The number of hydrogen-bond acceptors (Lipinski definition) is 9. The van der Waals surface area contributed by atoms with Gasteiger partial charge in [-0.2, -0.15) is 0 Å². The van der Waals surface area contributed by atoms with E-state index in [1.165, 1.54) is 12.4 Å². The Bertz CT molecular complexity index is 806. The lowest BCUT2D eigenvalue weighted by Crippen LogP contribution is -2.60. The first-order valence-electron chi connectivity index (χ1n) is 12.0. The van der Waals surface area contributed by atoms with E-state index in [2.05, 4.69) is 16.0 Å². The molecule has 0 saturated heterocycles. The van der Waals surface area contributed by atoms with Crippen molar-refractivity contribution in [1.82, 2.24) is 21.4 Å². The summed E-state index contributed by atoms with van der Waals surface area (Å²) >= 11 is 0. The third kappa shape index (κ3) is 13.5. The van der Waals surface area contributed by atoms with Crippen molar-refractivity contribution in [2.75, 3.05) is 6.54 Å². The predicted octanol–water partition coefficient (Wildman–Crippen LogP) is -2.53. The van der Waals surface area contributed by atoms with Gasteiger partial charge in [0.25, 0.3) is 0 Å². The van der Waals surface area contributed by atoms with E-state index >= 15 is 0 Å². The van der Waals surface area contributed by atoms with E-state index < -0.39 is 78.5 Å². The number of unbranched alkanes of at least 4 members (excludes halogenated alkanes) is 1. The number of carboxylic acid groups (broad SMARTS) is 1. The maximum Gasteiger partial charge on any atom is 0.305 e. The monoisotopic (exact) mass is 532 g/mol. The number of amides is 5. The van der Waals surface area contributed by atoms with E-state index in [4.69, 9.17) is 16.7 Å². The van der Waals surface area contributed by atoms with Crippen molar-refractivity contribution < 1.29 is 44.2 Å². The van der Waals surface area contributed by atoms with Gasteiger partial charge in [-0.05, 0) is 45.1 Å². The van der Waals surface area contributed by atoms with Crippen LogP contribution in [0.15, 0.2) is 0 Å². The third-order valence-electron chi connectivity index (χ3n) is 5.36. The zero-order chi connectivity index (χ0) is 28.7. The first-order chi connectivity index (χ1) is 17.2. The molecule has 15 heteroatoms. The SMILES string of the molecule is CC(C)C[C@H](CC(=O)NO)C(=O)N[C@@H](CC(=O)O)C(=O)N[C@H](C(=O)N[C@@H](CCCCN)C(N)=O)[C@@H](C)O. The second-order valence-corrected chi connectivity index (χ2v) is 9.20. The van der Waals surface area contributed by atoms with E-state index in [1.54, 1.807) is 13.8 Å². The molecule has 0 aliphatic heterocycles. The molecule has 0 aromatic rings. The molecule has 5 amide bonds. The van der Waals surface area contributed by atoms with Crippen LogP contribution in [-0.4, -0.2) is 81.7 Å². The fraction of sp³-hybridized carbons (Fsp3) is 0.727. The van der Waals surface area contributed by atoms with Crippen molar-refractivity contribution in [2.45, 2.75) is 83.5 Å². The largest absolute Gasteiger partial charge is 0.481 e. The molecule has 0 aliphatic rings. The lowest BCUT2D eigenvalue weighted by molar-refractivity contribution is -0.142. The molecule has 0 heterocycles. The summed E-state index contributed by atoms with van der Waals surface area (Å²) in [5, 5.41) is 34.9. The lowest BCUT2D eigenvalue weighted by Gasteiger charge is -2.27. The Kier molecular flexibility index (Phi) is 15.7. The molecule has 0 aromatic carbocycles. The number of hydrogen-bond donors (Lipinski definition) is 9. The van der Waals surface area contributed by atoms with E-state index in [0.29, 0.717) is 19.4 Å². The smallest absolute Gasteiger partial charge is 0.305 e. The lowest BCUT2D eigenvalue weighted by atomic mass is 9.92. The molecule has 212 valence electrons. The Morgan fingerprint density at radius 1 is 0.838 bits per heavy atom. The van der Waals surface area contributed by atoms with Crippen molar-refractivity contribution >= 4 is 35.5 Å². The van der Waals surface area contributed by atoms with Crippen molar-refractivity contribution in [3.8, 4) is 0 Å². The summed E-state index contributed by atoms with van der Waals surface area (Å²) in [4.78, 5) is 73.0. The normalized spacial score (nSPS) is 15.0. The van der Waals surface area contributed by atoms with Crippen LogP contribution in [0.5, 0.6) is 0 Å². The van der Waals surface area contributed by atoms with Gasteiger partial charge in [0.1, 0.15) is 18.1 Å². The number of nitrogens with one attached hydrogen (secondary N) is 4. The minimum Gasteiger partial charge on any atom is -0.481 e. The summed E-state index contributed by atoms with van der Waals surface area (Å²) in [5.41, 5.74) is 12.2. The zero-order valence-corrected chi connectivity index (χ0v) is 21.4. The fourth-order valence-electron chi connectivity index (χ4n) is 3.49. The van der Waals surface area contributed by atoms with Gasteiger partial charge >= 0.3 is 5.97 Å². The van der Waals surface area contributed by atoms with Gasteiger partial charge in [-0.15, -0.1) is 0 Å². The number of primary amides is 1. The molecule has 0 aromatic heterocycles. The maximum atomic E-state index is 12.9. The highest BCUT2D eigenvalue weighted by Gasteiger charge is 2.34. The summed E-state index contributed by atoms with van der Waals surface area (Å²) < 4.78 is 0. The molecular weight excluding hydrogens is 492 g/mol. The molecule has 15 nitrogen and oxygen atoms in total. The molecule has 5 atom stereocenters. The van der Waals surface area contributed by atoms with Crippen LogP contribution in [0.25, 0.3) is 0 Å². The van der Waals surface area contributed by atoms with Crippen LogP contribution in [0.1, 0.15) is 59.3 Å². The number of aliphatic hydroxyl groups is 1. The van der Waals surface area contributed by atoms with E-state index in [9.17, 15) is 39.0 Å². The minimum atomic E-state index is -1.66.